The van der Waals surface area contributed by atoms with E-state index in [1.165, 1.54) is 127 Å². The van der Waals surface area contributed by atoms with Crippen molar-refractivity contribution in [3.63, 3.8) is 0 Å². The van der Waals surface area contributed by atoms with Crippen molar-refractivity contribution in [3.05, 3.63) is 0 Å². The van der Waals surface area contributed by atoms with Gasteiger partial charge in [-0.25, -0.2) is 10.9 Å². The van der Waals surface area contributed by atoms with E-state index in [0.29, 0.717) is 5.75 Å². The van der Waals surface area contributed by atoms with Gasteiger partial charge in [-0.1, -0.05) is 66.2 Å². The van der Waals surface area contributed by atoms with Crippen LogP contribution < -0.4 is 0 Å². The van der Waals surface area contributed by atoms with Crippen LogP contribution in [0, 0.1) is 11.8 Å². The van der Waals surface area contributed by atoms with Crippen LogP contribution in [0.15, 0.2) is 0 Å². The third-order valence-electron chi connectivity index (χ3n) is 7.28. The Morgan fingerprint density at radius 2 is 0.947 bits per heavy atom. The molecular weight excluding hydrogens is 591 g/mol. The van der Waals surface area contributed by atoms with Gasteiger partial charge in [0.1, 0.15) is 0 Å². The zero-order valence-electron chi connectivity index (χ0n) is 27.1. The van der Waals surface area contributed by atoms with Gasteiger partial charge in [0.15, 0.2) is 0 Å². The first kappa shape index (κ1) is 40.8. The van der Waals surface area contributed by atoms with Crippen molar-refractivity contribution >= 4 is 38.0 Å². The Labute approximate surface area is 254 Å². The minimum absolute atomic E-state index is 0.0736. The van der Waals surface area contributed by atoms with Gasteiger partial charge >= 0.3 is 127 Å². The Morgan fingerprint density at radius 1 is 0.579 bits per heavy atom. The van der Waals surface area contributed by atoms with E-state index < -0.39 is 5.97 Å². The summed E-state index contributed by atoms with van der Waals surface area (Å²) >= 11 is 0.0736. The molecule has 0 fully saturated rings. The molecule has 0 aromatic carbocycles. The fourth-order valence-corrected chi connectivity index (χ4v) is 10.6. The summed E-state index contributed by atoms with van der Waals surface area (Å²) in [6.07, 6.45) is 28.1. The molecule has 0 aliphatic heterocycles. The second kappa shape index (κ2) is 33.8. The summed E-state index contributed by atoms with van der Waals surface area (Å²) in [5, 5.41) is 9.05. The van der Waals surface area contributed by atoms with Crippen LogP contribution in [0.5, 0.6) is 0 Å². The number of rotatable bonds is 28. The minimum atomic E-state index is -0.592. The molecule has 0 unspecified atom stereocenters. The summed E-state index contributed by atoms with van der Waals surface area (Å²) in [6, 6.07) is 0. The van der Waals surface area contributed by atoms with Crippen LogP contribution in [-0.4, -0.2) is 49.5 Å². The Balaban J connectivity index is 0. The number of hydrogen-bond donors (Lipinski definition) is 2. The van der Waals surface area contributed by atoms with Gasteiger partial charge in [-0.15, -0.1) is 0 Å². The first-order valence-electron chi connectivity index (χ1n) is 17.0. The van der Waals surface area contributed by atoms with Crippen LogP contribution in [0.25, 0.3) is 0 Å². The van der Waals surface area contributed by atoms with Crippen LogP contribution in [0.1, 0.15) is 170 Å². The van der Waals surface area contributed by atoms with E-state index in [2.05, 4.69) is 41.5 Å². The third kappa shape index (κ3) is 38.8. The molecule has 2 radical (unpaired) electrons. The molecule has 0 heterocycles. The summed E-state index contributed by atoms with van der Waals surface area (Å²) in [6.45, 7) is 13.7. The average molecular weight is 664 g/mol. The Morgan fingerprint density at radius 3 is 1.32 bits per heavy atom. The molecule has 0 aliphatic carbocycles. The van der Waals surface area contributed by atoms with Crippen LogP contribution in [0.4, 0.5) is 0 Å². The van der Waals surface area contributed by atoms with Crippen molar-refractivity contribution in [2.75, 3.05) is 17.3 Å². The van der Waals surface area contributed by atoms with Crippen LogP contribution in [-0.2, 0) is 4.79 Å². The topological polar surface area (TPSA) is 37.3 Å². The quantitative estimate of drug-likeness (QED) is 0.0497. The van der Waals surface area contributed by atoms with Crippen molar-refractivity contribution in [2.45, 2.75) is 179 Å². The van der Waals surface area contributed by atoms with Gasteiger partial charge < -0.3 is 5.11 Å². The number of carbonyl (C=O) groups is 1. The summed E-state index contributed by atoms with van der Waals surface area (Å²) in [7, 11) is -0.264. The molecule has 4 heteroatoms. The monoisotopic (exact) mass is 664 g/mol. The molecular formula is C34H72O2SSn. The Hall–Kier alpha value is 0.619. The average Bonchev–Trinajstić information content (AvgIpc) is 2.86. The van der Waals surface area contributed by atoms with Crippen molar-refractivity contribution < 1.29 is 9.90 Å². The molecule has 0 amide bonds. The number of unbranched alkanes of at least 4 members (excludes halogenated alkanes) is 14. The third-order valence-corrected chi connectivity index (χ3v) is 13.9. The van der Waals surface area contributed by atoms with E-state index >= 15 is 0 Å². The van der Waals surface area contributed by atoms with E-state index in [9.17, 15) is 4.79 Å². The molecule has 0 saturated carbocycles. The van der Waals surface area contributed by atoms with E-state index in [1.807, 2.05) is 0 Å². The van der Waals surface area contributed by atoms with Gasteiger partial charge in [0.25, 0.3) is 0 Å². The Bertz CT molecular complexity index is 424. The van der Waals surface area contributed by atoms with E-state index in [-0.39, 0.29) is 32.0 Å². The van der Waals surface area contributed by atoms with E-state index in [4.69, 9.17) is 5.11 Å². The first-order valence-corrected chi connectivity index (χ1v) is 22.9. The molecule has 0 saturated heterocycles. The maximum absolute atomic E-state index is 11.0. The number of carboxylic acid groups (broad SMARTS) is 1. The second-order valence-corrected chi connectivity index (χ2v) is 19.3. The van der Waals surface area contributed by atoms with Crippen LogP contribution >= 0.6 is 10.9 Å². The summed E-state index contributed by atoms with van der Waals surface area (Å²) in [4.78, 5) is 11.0. The molecule has 0 spiro atoms. The number of thiol groups is 1. The molecule has 0 aromatic rings. The predicted octanol–water partition coefficient (Wildman–Crippen LogP) is 11.8. The van der Waals surface area contributed by atoms with Gasteiger partial charge in [-0.2, -0.15) is 0 Å². The maximum atomic E-state index is 11.0. The number of carboxylic acids is 1. The summed E-state index contributed by atoms with van der Waals surface area (Å²) < 4.78 is 3.31. The van der Waals surface area contributed by atoms with E-state index in [1.54, 1.807) is 21.7 Å². The number of aliphatic carboxylic acids is 1. The summed E-state index contributed by atoms with van der Waals surface area (Å²) in [5.41, 5.74) is 0. The van der Waals surface area contributed by atoms with E-state index in [0.717, 1.165) is 11.8 Å². The zero-order chi connectivity index (χ0) is 28.7. The van der Waals surface area contributed by atoms with Crippen molar-refractivity contribution in [2.24, 2.45) is 11.8 Å². The zero-order valence-corrected chi connectivity index (χ0v) is 30.9. The SMILES string of the molecule is CC(C)CCCCC[SH](CCCCCC(C)C)CC(=O)O.CCCCCCC[CH2][Sn][CH2]CCCCCCC. The normalized spacial score (nSPS) is 11.6. The fourth-order valence-electron chi connectivity index (χ4n) is 4.78. The molecule has 0 atom stereocenters. The molecule has 0 aliphatic rings. The summed E-state index contributed by atoms with van der Waals surface area (Å²) in [5.74, 6) is 3.78. The molecule has 230 valence electrons. The fraction of sp³-hybridized carbons (Fsp3) is 0.971. The van der Waals surface area contributed by atoms with Crippen molar-refractivity contribution in [1.29, 1.82) is 0 Å². The molecule has 2 nitrogen and oxygen atoms in total. The van der Waals surface area contributed by atoms with Crippen molar-refractivity contribution in [3.8, 4) is 0 Å². The Kier molecular flexibility index (Phi) is 36.3. The number of hydrogen-bond acceptors (Lipinski definition) is 1. The van der Waals surface area contributed by atoms with Crippen LogP contribution in [0.2, 0.25) is 8.87 Å². The first-order chi connectivity index (χ1) is 18.3. The van der Waals surface area contributed by atoms with Gasteiger partial charge in [0.2, 0.25) is 0 Å². The van der Waals surface area contributed by atoms with Gasteiger partial charge in [-0.05, 0) is 36.2 Å². The second-order valence-electron chi connectivity index (χ2n) is 12.4. The predicted molar refractivity (Wildman–Crippen MR) is 180 cm³/mol. The van der Waals surface area contributed by atoms with Gasteiger partial charge in [0.05, 0.1) is 5.75 Å². The van der Waals surface area contributed by atoms with Gasteiger partial charge in [0, 0.05) is 0 Å². The molecule has 0 aromatic heterocycles. The van der Waals surface area contributed by atoms with Crippen molar-refractivity contribution in [1.82, 2.24) is 0 Å². The van der Waals surface area contributed by atoms with Gasteiger partial charge in [-0.3, -0.25) is 4.79 Å². The molecule has 38 heavy (non-hydrogen) atoms. The standard InChI is InChI=1S/C18H38O2S.2C8H17.Sn/c1-16(2)11-7-5-9-13-21(15-18(19)20)14-10-6-8-12-17(3)4;2*1-3-5-7-8-6-4-2;/h16-17,21H,5-15H2,1-4H3,(H,19,20);2*1,3-8H2,2H3;. The molecule has 1 N–H and O–H groups in total. The molecule has 0 bridgehead atoms. The van der Waals surface area contributed by atoms with Crippen LogP contribution in [0.3, 0.4) is 0 Å². The molecule has 0 rings (SSSR count).